The van der Waals surface area contributed by atoms with Crippen molar-refractivity contribution in [3.63, 3.8) is 0 Å². The first kappa shape index (κ1) is 22.5. The minimum atomic E-state index is -0.426. The zero-order valence-corrected chi connectivity index (χ0v) is 19.3. The molecule has 0 aliphatic carbocycles. The van der Waals surface area contributed by atoms with Crippen LogP contribution in [0, 0.1) is 13.8 Å². The van der Waals surface area contributed by atoms with E-state index in [1.165, 1.54) is 11.8 Å². The fourth-order valence-corrected chi connectivity index (χ4v) is 4.18. The molecule has 9 heteroatoms. The van der Waals surface area contributed by atoms with Gasteiger partial charge in [-0.05, 0) is 56.7 Å². The van der Waals surface area contributed by atoms with E-state index in [1.807, 2.05) is 38.1 Å². The lowest BCUT2D eigenvalue weighted by molar-refractivity contribution is 0.0526. The molecule has 0 bridgehead atoms. The van der Waals surface area contributed by atoms with Crippen molar-refractivity contribution in [3.8, 4) is 0 Å². The van der Waals surface area contributed by atoms with Crippen LogP contribution in [0.2, 0.25) is 0 Å². The Bertz CT molecular complexity index is 1330. The Labute approximate surface area is 195 Å². The van der Waals surface area contributed by atoms with Gasteiger partial charge in [0.15, 0.2) is 0 Å². The molecule has 8 nitrogen and oxygen atoms in total. The van der Waals surface area contributed by atoms with E-state index < -0.39 is 5.97 Å². The number of hydrogen-bond acceptors (Lipinski definition) is 7. The molecule has 4 rings (SSSR count). The summed E-state index contributed by atoms with van der Waals surface area (Å²) >= 11 is 1.44. The maximum Gasteiger partial charge on any atom is 0.338 e. The van der Waals surface area contributed by atoms with Crippen molar-refractivity contribution in [3.05, 3.63) is 82.7 Å². The first-order valence-corrected chi connectivity index (χ1v) is 11.4. The van der Waals surface area contributed by atoms with Gasteiger partial charge in [-0.2, -0.15) is 4.98 Å². The second-order valence-corrected chi connectivity index (χ2v) is 8.29. The van der Waals surface area contributed by atoms with Crippen LogP contribution in [0.5, 0.6) is 0 Å². The summed E-state index contributed by atoms with van der Waals surface area (Å²) < 4.78 is 6.74. The third-order valence-corrected chi connectivity index (χ3v) is 5.74. The topological polar surface area (TPSA) is 98.5 Å². The van der Waals surface area contributed by atoms with Crippen LogP contribution < -0.4 is 5.32 Å². The molecule has 168 valence electrons. The lowest BCUT2D eigenvalue weighted by Crippen LogP contribution is -2.14. The number of carbonyl (C=O) groups is 2. The molecular weight excluding hydrogens is 438 g/mol. The average Bonchev–Trinajstić information content (AvgIpc) is 3.21. The predicted molar refractivity (Wildman–Crippen MR) is 127 cm³/mol. The fourth-order valence-electron chi connectivity index (χ4n) is 3.36. The van der Waals surface area contributed by atoms with Crippen LogP contribution in [0.25, 0.3) is 5.78 Å². The van der Waals surface area contributed by atoms with Gasteiger partial charge in [0.05, 0.1) is 12.2 Å². The van der Waals surface area contributed by atoms with Gasteiger partial charge in [0.25, 0.3) is 11.7 Å². The average molecular weight is 462 g/mol. The van der Waals surface area contributed by atoms with Gasteiger partial charge in [0, 0.05) is 28.4 Å². The van der Waals surface area contributed by atoms with Gasteiger partial charge in [-0.3, -0.25) is 4.79 Å². The van der Waals surface area contributed by atoms with Crippen molar-refractivity contribution in [2.75, 3.05) is 11.9 Å². The van der Waals surface area contributed by atoms with Crippen molar-refractivity contribution < 1.29 is 14.3 Å². The zero-order chi connectivity index (χ0) is 23.4. The van der Waals surface area contributed by atoms with E-state index >= 15 is 0 Å². The number of hydrogen-bond donors (Lipinski definition) is 1. The summed E-state index contributed by atoms with van der Waals surface area (Å²) in [6, 6.07) is 16.0. The van der Waals surface area contributed by atoms with Crippen LogP contribution in [0.1, 0.15) is 44.6 Å². The van der Waals surface area contributed by atoms with E-state index in [0.717, 1.165) is 17.0 Å². The standard InChI is InChI=1S/C24H23N5O3S/c1-4-32-22(31)17-9-7-10-19(13-17)26-21(30)20-11-6-5-8-18(20)14-33-24-27-23-25-15(2)12-16(3)29(23)28-24/h5-13H,4,14H2,1-3H3,(H,26,30). The number of benzene rings is 2. The molecule has 0 saturated heterocycles. The smallest absolute Gasteiger partial charge is 0.338 e. The summed E-state index contributed by atoms with van der Waals surface area (Å²) in [7, 11) is 0. The second kappa shape index (κ2) is 9.83. The van der Waals surface area contributed by atoms with Gasteiger partial charge in [0.2, 0.25) is 5.16 Å². The largest absolute Gasteiger partial charge is 0.462 e. The summed E-state index contributed by atoms with van der Waals surface area (Å²) in [6.07, 6.45) is 0. The van der Waals surface area contributed by atoms with Crippen LogP contribution in [0.3, 0.4) is 0 Å². The van der Waals surface area contributed by atoms with E-state index in [2.05, 4.69) is 20.4 Å². The first-order valence-electron chi connectivity index (χ1n) is 10.4. The highest BCUT2D eigenvalue weighted by atomic mass is 32.2. The number of nitrogens with one attached hydrogen (secondary N) is 1. The Balaban J connectivity index is 1.50. The SMILES string of the molecule is CCOC(=O)c1cccc(NC(=O)c2ccccc2CSc2nc3nc(C)cc(C)n3n2)c1. The van der Waals surface area contributed by atoms with Gasteiger partial charge in [-0.25, -0.2) is 14.3 Å². The third kappa shape index (κ3) is 5.20. The van der Waals surface area contributed by atoms with Crippen molar-refractivity contribution in [2.24, 2.45) is 0 Å². The Hall–Kier alpha value is -3.72. The van der Waals surface area contributed by atoms with E-state index in [0.29, 0.717) is 33.5 Å². The Morgan fingerprint density at radius 1 is 1.06 bits per heavy atom. The third-order valence-electron chi connectivity index (χ3n) is 4.85. The number of esters is 1. The number of carbonyl (C=O) groups excluding carboxylic acids is 2. The molecule has 2 aromatic heterocycles. The van der Waals surface area contributed by atoms with Gasteiger partial charge in [0.1, 0.15) is 0 Å². The summed E-state index contributed by atoms with van der Waals surface area (Å²) in [5, 5.41) is 7.97. The normalized spacial score (nSPS) is 10.9. The summed E-state index contributed by atoms with van der Waals surface area (Å²) in [4.78, 5) is 33.9. The first-order chi connectivity index (χ1) is 15.9. The number of thioether (sulfide) groups is 1. The molecule has 2 aromatic carbocycles. The number of aromatic nitrogens is 4. The number of nitrogens with zero attached hydrogens (tertiary/aromatic N) is 4. The summed E-state index contributed by atoms with van der Waals surface area (Å²) in [5.41, 5.74) is 4.14. The maximum atomic E-state index is 13.0. The molecule has 1 amide bonds. The highest BCUT2D eigenvalue weighted by molar-refractivity contribution is 7.98. The number of anilines is 1. The van der Waals surface area contributed by atoms with E-state index in [1.54, 1.807) is 41.8 Å². The molecule has 0 aliphatic rings. The Kier molecular flexibility index (Phi) is 6.69. The van der Waals surface area contributed by atoms with E-state index in [9.17, 15) is 9.59 Å². The van der Waals surface area contributed by atoms with Gasteiger partial charge < -0.3 is 10.1 Å². The van der Waals surface area contributed by atoms with E-state index in [4.69, 9.17) is 4.74 Å². The molecule has 0 unspecified atom stereocenters. The van der Waals surface area contributed by atoms with Crippen molar-refractivity contribution in [2.45, 2.75) is 31.7 Å². The van der Waals surface area contributed by atoms with Crippen LogP contribution in [0.15, 0.2) is 59.8 Å². The molecule has 0 radical (unpaired) electrons. The van der Waals surface area contributed by atoms with Crippen molar-refractivity contribution in [1.29, 1.82) is 0 Å². The van der Waals surface area contributed by atoms with Crippen LogP contribution >= 0.6 is 11.8 Å². The van der Waals surface area contributed by atoms with E-state index in [-0.39, 0.29) is 12.5 Å². The molecule has 0 aliphatic heterocycles. The number of ether oxygens (including phenoxy) is 1. The molecule has 0 fully saturated rings. The van der Waals surface area contributed by atoms with Crippen LogP contribution in [0.4, 0.5) is 5.69 Å². The molecule has 2 heterocycles. The number of aryl methyl sites for hydroxylation is 2. The Morgan fingerprint density at radius 2 is 1.88 bits per heavy atom. The minimum Gasteiger partial charge on any atom is -0.462 e. The monoisotopic (exact) mass is 461 g/mol. The minimum absolute atomic E-state index is 0.261. The van der Waals surface area contributed by atoms with Crippen molar-refractivity contribution in [1.82, 2.24) is 19.6 Å². The molecule has 1 N–H and O–H groups in total. The molecular formula is C24H23N5O3S. The molecule has 0 atom stereocenters. The van der Waals surface area contributed by atoms with Gasteiger partial charge >= 0.3 is 5.97 Å². The highest BCUT2D eigenvalue weighted by Crippen LogP contribution is 2.23. The van der Waals surface area contributed by atoms with Crippen molar-refractivity contribution >= 4 is 35.1 Å². The number of fused-ring (bicyclic) bond motifs is 1. The quantitative estimate of drug-likeness (QED) is 0.320. The molecule has 4 aromatic rings. The molecule has 33 heavy (non-hydrogen) atoms. The predicted octanol–water partition coefficient (Wildman–Crippen LogP) is 4.46. The fraction of sp³-hybridized carbons (Fsp3) is 0.208. The lowest BCUT2D eigenvalue weighted by Gasteiger charge is -2.10. The van der Waals surface area contributed by atoms with Crippen LogP contribution in [-0.4, -0.2) is 38.1 Å². The number of rotatable bonds is 7. The maximum absolute atomic E-state index is 13.0. The summed E-state index contributed by atoms with van der Waals surface area (Å²) in [5.74, 6) is 0.387. The Morgan fingerprint density at radius 3 is 2.70 bits per heavy atom. The summed E-state index contributed by atoms with van der Waals surface area (Å²) in [6.45, 7) is 5.92. The van der Waals surface area contributed by atoms with Gasteiger partial charge in [-0.15, -0.1) is 5.10 Å². The molecule has 0 spiro atoms. The number of amides is 1. The van der Waals surface area contributed by atoms with Gasteiger partial charge in [-0.1, -0.05) is 36.0 Å². The zero-order valence-electron chi connectivity index (χ0n) is 18.5. The molecule has 0 saturated carbocycles. The lowest BCUT2D eigenvalue weighted by atomic mass is 10.1. The second-order valence-electron chi connectivity index (χ2n) is 7.35. The van der Waals surface area contributed by atoms with Crippen LogP contribution in [-0.2, 0) is 10.5 Å². The highest BCUT2D eigenvalue weighted by Gasteiger charge is 2.15.